The molecule has 25 heavy (non-hydrogen) atoms. The molecule has 1 aliphatic carbocycles. The average Bonchev–Trinajstić information content (AvgIpc) is 2.77. The molecule has 5 nitrogen and oxygen atoms in total. The molecule has 1 fully saturated rings. The number of hydrogen-bond acceptors (Lipinski definition) is 5. The fraction of sp³-hybridized carbons (Fsp3) is 0.600. The van der Waals surface area contributed by atoms with E-state index in [9.17, 15) is 14.7 Å². The highest BCUT2D eigenvalue weighted by Crippen LogP contribution is 2.35. The van der Waals surface area contributed by atoms with Crippen LogP contribution in [0.15, 0.2) is 35.5 Å². The van der Waals surface area contributed by atoms with E-state index >= 15 is 0 Å². The maximum atomic E-state index is 11.8. The third-order valence-electron chi connectivity index (χ3n) is 4.67. The summed E-state index contributed by atoms with van der Waals surface area (Å²) < 4.78 is 10.7. The van der Waals surface area contributed by atoms with Gasteiger partial charge in [-0.25, -0.2) is 4.79 Å². The Morgan fingerprint density at radius 2 is 2.16 bits per heavy atom. The molecular formula is C20H28O5. The second-order valence-corrected chi connectivity index (χ2v) is 7.35. The largest absolute Gasteiger partial charge is 0.461 e. The molecule has 0 amide bonds. The quantitative estimate of drug-likeness (QED) is 0.480. The molecule has 0 aromatic rings. The molecule has 2 rings (SSSR count). The van der Waals surface area contributed by atoms with Gasteiger partial charge in [-0.15, -0.1) is 0 Å². The summed E-state index contributed by atoms with van der Waals surface area (Å²) in [5, 5.41) is 10.6. The molecule has 0 bridgehead atoms. The van der Waals surface area contributed by atoms with Crippen LogP contribution < -0.4 is 0 Å². The number of carbonyl (C=O) groups excluding carboxylic acids is 2. The first-order valence-corrected chi connectivity index (χ1v) is 8.86. The number of aliphatic hydroxyl groups excluding tert-OH is 1. The van der Waals surface area contributed by atoms with Gasteiger partial charge in [0.2, 0.25) is 0 Å². The predicted molar refractivity (Wildman–Crippen MR) is 94.6 cm³/mol. The minimum absolute atomic E-state index is 0.0677. The van der Waals surface area contributed by atoms with Gasteiger partial charge in [-0.05, 0) is 31.3 Å². The van der Waals surface area contributed by atoms with Crippen molar-refractivity contribution in [2.24, 2.45) is 11.8 Å². The topological polar surface area (TPSA) is 72.8 Å². The predicted octanol–water partition coefficient (Wildman–Crippen LogP) is 3.09. The lowest BCUT2D eigenvalue weighted by Gasteiger charge is -2.24. The SMILES string of the molecule is C=C1C(=O)OC2CC(C)=CCC=C(COC(=O)CC(C)C)C(O)CC12. The molecule has 0 aromatic carbocycles. The van der Waals surface area contributed by atoms with Gasteiger partial charge in [-0.1, -0.05) is 38.2 Å². The van der Waals surface area contributed by atoms with E-state index in [1.54, 1.807) is 0 Å². The molecule has 3 unspecified atom stereocenters. The third kappa shape index (κ3) is 5.30. The van der Waals surface area contributed by atoms with Crippen molar-refractivity contribution in [1.29, 1.82) is 0 Å². The summed E-state index contributed by atoms with van der Waals surface area (Å²) in [5.74, 6) is -0.651. The van der Waals surface area contributed by atoms with Gasteiger partial charge in [-0.3, -0.25) is 4.79 Å². The second-order valence-electron chi connectivity index (χ2n) is 7.35. The van der Waals surface area contributed by atoms with Gasteiger partial charge in [0.05, 0.1) is 6.10 Å². The monoisotopic (exact) mass is 348 g/mol. The Balaban J connectivity index is 2.12. The normalized spacial score (nSPS) is 27.3. The van der Waals surface area contributed by atoms with E-state index in [0.29, 0.717) is 36.8 Å². The third-order valence-corrected chi connectivity index (χ3v) is 4.67. The molecule has 0 aromatic heterocycles. The lowest BCUT2D eigenvalue weighted by molar-refractivity contribution is -0.144. The van der Waals surface area contributed by atoms with E-state index in [4.69, 9.17) is 9.47 Å². The summed E-state index contributed by atoms with van der Waals surface area (Å²) in [4.78, 5) is 23.6. The number of carbonyl (C=O) groups is 2. The number of aliphatic hydroxyl groups is 1. The minimum atomic E-state index is -0.794. The molecule has 138 valence electrons. The lowest BCUT2D eigenvalue weighted by atomic mass is 9.85. The maximum Gasteiger partial charge on any atom is 0.334 e. The molecule has 1 N–H and O–H groups in total. The summed E-state index contributed by atoms with van der Waals surface area (Å²) in [5.41, 5.74) is 2.20. The van der Waals surface area contributed by atoms with Crippen LogP contribution in [0.5, 0.6) is 0 Å². The minimum Gasteiger partial charge on any atom is -0.461 e. The Labute approximate surface area is 149 Å². The van der Waals surface area contributed by atoms with E-state index in [-0.39, 0.29) is 36.5 Å². The van der Waals surface area contributed by atoms with E-state index in [2.05, 4.69) is 6.58 Å². The summed E-state index contributed by atoms with van der Waals surface area (Å²) in [6, 6.07) is 0. The highest BCUT2D eigenvalue weighted by molar-refractivity contribution is 5.90. The summed E-state index contributed by atoms with van der Waals surface area (Å²) in [7, 11) is 0. The summed E-state index contributed by atoms with van der Waals surface area (Å²) >= 11 is 0. The zero-order valence-electron chi connectivity index (χ0n) is 15.3. The van der Waals surface area contributed by atoms with Crippen LogP contribution in [0.4, 0.5) is 0 Å². The van der Waals surface area contributed by atoms with Crippen molar-refractivity contribution < 1.29 is 24.2 Å². The number of rotatable bonds is 4. The molecule has 1 heterocycles. The fourth-order valence-electron chi connectivity index (χ4n) is 3.20. The number of ether oxygens (including phenoxy) is 2. The fourth-order valence-corrected chi connectivity index (χ4v) is 3.20. The van der Waals surface area contributed by atoms with Crippen LogP contribution in [0, 0.1) is 11.8 Å². The zero-order valence-corrected chi connectivity index (χ0v) is 15.3. The summed E-state index contributed by atoms with van der Waals surface area (Å²) in [6.45, 7) is 9.80. The van der Waals surface area contributed by atoms with Gasteiger partial charge in [0, 0.05) is 24.3 Å². The van der Waals surface area contributed by atoms with Gasteiger partial charge in [0.25, 0.3) is 0 Å². The smallest absolute Gasteiger partial charge is 0.334 e. The highest BCUT2D eigenvalue weighted by atomic mass is 16.6. The van der Waals surface area contributed by atoms with Gasteiger partial charge in [-0.2, -0.15) is 0 Å². The van der Waals surface area contributed by atoms with Crippen LogP contribution in [-0.4, -0.2) is 35.9 Å². The number of hydrogen-bond donors (Lipinski definition) is 1. The Morgan fingerprint density at radius 3 is 2.84 bits per heavy atom. The van der Waals surface area contributed by atoms with Crippen molar-refractivity contribution in [2.75, 3.05) is 6.61 Å². The van der Waals surface area contributed by atoms with E-state index in [1.165, 1.54) is 0 Å². The van der Waals surface area contributed by atoms with Crippen LogP contribution in [0.2, 0.25) is 0 Å². The van der Waals surface area contributed by atoms with Crippen molar-refractivity contribution in [3.8, 4) is 0 Å². The first-order chi connectivity index (χ1) is 11.8. The zero-order chi connectivity index (χ0) is 18.6. The highest BCUT2D eigenvalue weighted by Gasteiger charge is 2.40. The number of esters is 2. The van der Waals surface area contributed by atoms with E-state index in [0.717, 1.165) is 5.57 Å². The van der Waals surface area contributed by atoms with Crippen molar-refractivity contribution in [3.05, 3.63) is 35.5 Å². The Kier molecular flexibility index (Phi) is 6.59. The van der Waals surface area contributed by atoms with E-state index < -0.39 is 6.10 Å². The molecule has 1 aliphatic heterocycles. The van der Waals surface area contributed by atoms with Crippen molar-refractivity contribution in [1.82, 2.24) is 0 Å². The van der Waals surface area contributed by atoms with Gasteiger partial charge in [0.1, 0.15) is 12.7 Å². The molecule has 0 saturated carbocycles. The maximum absolute atomic E-state index is 11.8. The van der Waals surface area contributed by atoms with Crippen LogP contribution in [0.3, 0.4) is 0 Å². The average molecular weight is 348 g/mol. The van der Waals surface area contributed by atoms with Crippen LogP contribution in [-0.2, 0) is 19.1 Å². The standard InChI is InChI=1S/C20H28O5/c1-12(2)8-19(22)24-11-15-7-5-6-13(3)9-18-16(10-17(15)21)14(4)20(23)25-18/h6-7,12,16-18,21H,4-5,8-11H2,1-3H3. The van der Waals surface area contributed by atoms with Crippen molar-refractivity contribution >= 4 is 11.9 Å². The van der Waals surface area contributed by atoms with Crippen molar-refractivity contribution in [3.63, 3.8) is 0 Å². The first kappa shape index (κ1) is 19.4. The second kappa shape index (κ2) is 8.48. The lowest BCUT2D eigenvalue weighted by Crippen LogP contribution is -2.26. The van der Waals surface area contributed by atoms with Gasteiger partial charge < -0.3 is 14.6 Å². The van der Waals surface area contributed by atoms with Gasteiger partial charge in [0.15, 0.2) is 0 Å². The van der Waals surface area contributed by atoms with Gasteiger partial charge >= 0.3 is 11.9 Å². The van der Waals surface area contributed by atoms with Crippen molar-refractivity contribution in [2.45, 2.75) is 58.7 Å². The number of fused-ring (bicyclic) bond motifs is 1. The summed E-state index contributed by atoms with van der Waals surface area (Å²) in [6.07, 6.45) is 4.85. The molecule has 5 heteroatoms. The van der Waals surface area contributed by atoms with Crippen LogP contribution in [0.25, 0.3) is 0 Å². The molecule has 1 saturated heterocycles. The van der Waals surface area contributed by atoms with E-state index in [1.807, 2.05) is 32.9 Å². The molecule has 0 radical (unpaired) electrons. The molecular weight excluding hydrogens is 320 g/mol. The molecule has 0 spiro atoms. The number of allylic oxidation sites excluding steroid dienone is 2. The molecule has 3 atom stereocenters. The Bertz CT molecular complexity index is 599. The molecule has 2 aliphatic rings. The Morgan fingerprint density at radius 1 is 1.44 bits per heavy atom. The first-order valence-electron chi connectivity index (χ1n) is 8.86. The van der Waals surface area contributed by atoms with Crippen LogP contribution in [0.1, 0.15) is 46.5 Å². The Hall–Kier alpha value is -1.88. The van der Waals surface area contributed by atoms with Crippen LogP contribution >= 0.6 is 0 Å².